The first-order valence-electron chi connectivity index (χ1n) is 11.3. The van der Waals surface area contributed by atoms with Crippen LogP contribution in [0.4, 0.5) is 4.79 Å². The minimum atomic E-state index is -2.00. The van der Waals surface area contributed by atoms with Gasteiger partial charge >= 0.3 is 6.09 Å². The monoisotopic (exact) mass is 443 g/mol. The molecule has 0 saturated carbocycles. The first-order valence-corrected chi connectivity index (χ1v) is 14.2. The van der Waals surface area contributed by atoms with Crippen molar-refractivity contribution >= 4 is 14.4 Å². The Hall–Kier alpha value is -1.99. The number of fused-ring (bicyclic) bond motifs is 3. The Bertz CT molecular complexity index is 952. The molecule has 1 aromatic carbocycles. The second-order valence-electron chi connectivity index (χ2n) is 10.7. The number of para-hydroxylation sites is 1. The van der Waals surface area contributed by atoms with Crippen molar-refractivity contribution in [2.24, 2.45) is 0 Å². The second-order valence-corrected chi connectivity index (χ2v) is 15.5. The molecule has 31 heavy (non-hydrogen) atoms. The molecule has 0 aromatic heterocycles. The molecule has 0 N–H and O–H groups in total. The molecule has 4 atom stereocenters. The number of cyclic esters (lactones) is 1. The van der Waals surface area contributed by atoms with E-state index in [4.69, 9.17) is 18.6 Å². The minimum absolute atomic E-state index is 0.0293. The number of carbonyl (C=O) groups is 1. The predicted octanol–water partition coefficient (Wildman–Crippen LogP) is 4.64. The molecule has 5 rings (SSSR count). The minimum Gasteiger partial charge on any atom is -0.493 e. The number of ether oxygens (including phenoxy) is 3. The van der Waals surface area contributed by atoms with E-state index in [0.717, 1.165) is 29.9 Å². The average Bonchev–Trinajstić information content (AvgIpc) is 3.25. The largest absolute Gasteiger partial charge is 0.493 e. The maximum absolute atomic E-state index is 12.3. The lowest BCUT2D eigenvalue weighted by Gasteiger charge is -2.51. The highest BCUT2D eigenvalue weighted by Gasteiger charge is 2.63. The van der Waals surface area contributed by atoms with Crippen LogP contribution < -0.4 is 9.47 Å². The summed E-state index contributed by atoms with van der Waals surface area (Å²) < 4.78 is 24.8. The number of rotatable bonds is 3. The first-order chi connectivity index (χ1) is 14.6. The summed E-state index contributed by atoms with van der Waals surface area (Å²) in [7, 11) is -0.319. The van der Waals surface area contributed by atoms with Crippen LogP contribution >= 0.6 is 0 Å². The summed E-state index contributed by atoms with van der Waals surface area (Å²) in [5.41, 5.74) is 2.09. The smallest absolute Gasteiger partial charge is 0.410 e. The van der Waals surface area contributed by atoms with Crippen LogP contribution in [0.3, 0.4) is 0 Å². The first kappa shape index (κ1) is 20.9. The van der Waals surface area contributed by atoms with Gasteiger partial charge in [0.25, 0.3) is 0 Å². The van der Waals surface area contributed by atoms with Crippen LogP contribution in [0.15, 0.2) is 29.8 Å². The van der Waals surface area contributed by atoms with Gasteiger partial charge in [-0.2, -0.15) is 0 Å². The SMILES string of the molecule is COc1cccc2c1O[C@@H]1[C@@H](O[Si](C)(C)C(C)(C)C)CC=C3[C@H]4COC(=O)N4CCC321. The predicted molar refractivity (Wildman–Crippen MR) is 120 cm³/mol. The fourth-order valence-corrected chi connectivity index (χ4v) is 6.89. The zero-order chi connectivity index (χ0) is 22.2. The van der Waals surface area contributed by atoms with E-state index in [1.807, 2.05) is 17.0 Å². The van der Waals surface area contributed by atoms with E-state index in [2.05, 4.69) is 46.0 Å². The third kappa shape index (κ3) is 2.82. The highest BCUT2D eigenvalue weighted by atomic mass is 28.4. The van der Waals surface area contributed by atoms with Gasteiger partial charge in [0, 0.05) is 12.1 Å². The molecule has 0 bridgehead atoms. The Morgan fingerprint density at radius 3 is 2.74 bits per heavy atom. The van der Waals surface area contributed by atoms with Gasteiger partial charge in [0.05, 0.1) is 24.7 Å². The molecule has 1 spiro atoms. The molecule has 2 fully saturated rings. The van der Waals surface area contributed by atoms with Gasteiger partial charge in [-0.3, -0.25) is 4.90 Å². The fraction of sp³-hybridized carbons (Fsp3) is 0.625. The summed E-state index contributed by atoms with van der Waals surface area (Å²) >= 11 is 0. The second kappa shape index (κ2) is 6.75. The Labute approximate surface area is 185 Å². The summed E-state index contributed by atoms with van der Waals surface area (Å²) in [6, 6.07) is 6.13. The molecular weight excluding hydrogens is 410 g/mol. The Morgan fingerprint density at radius 2 is 2.03 bits per heavy atom. The molecule has 1 unspecified atom stereocenters. The van der Waals surface area contributed by atoms with Gasteiger partial charge in [-0.05, 0) is 42.6 Å². The molecule has 168 valence electrons. The van der Waals surface area contributed by atoms with E-state index in [1.165, 1.54) is 5.57 Å². The highest BCUT2D eigenvalue weighted by Crippen LogP contribution is 2.60. The van der Waals surface area contributed by atoms with Gasteiger partial charge in [0.15, 0.2) is 19.8 Å². The molecular formula is C24H33NO5Si. The average molecular weight is 444 g/mol. The van der Waals surface area contributed by atoms with Crippen LogP contribution in [0.5, 0.6) is 11.5 Å². The van der Waals surface area contributed by atoms with Crippen molar-refractivity contribution in [3.63, 3.8) is 0 Å². The molecule has 2 saturated heterocycles. The van der Waals surface area contributed by atoms with E-state index >= 15 is 0 Å². The van der Waals surface area contributed by atoms with Crippen molar-refractivity contribution in [3.8, 4) is 11.5 Å². The van der Waals surface area contributed by atoms with Gasteiger partial charge in [0.2, 0.25) is 0 Å². The quantitative estimate of drug-likeness (QED) is 0.503. The van der Waals surface area contributed by atoms with Crippen LogP contribution in [0.25, 0.3) is 0 Å². The topological polar surface area (TPSA) is 57.2 Å². The summed E-state index contributed by atoms with van der Waals surface area (Å²) in [5.74, 6) is 1.58. The van der Waals surface area contributed by atoms with Crippen LogP contribution in [0.1, 0.15) is 39.2 Å². The fourth-order valence-electron chi connectivity index (χ4n) is 5.56. The Balaban J connectivity index is 1.62. The lowest BCUT2D eigenvalue weighted by Crippen LogP contribution is -2.61. The molecule has 0 radical (unpaired) electrons. The Kier molecular flexibility index (Phi) is 4.55. The van der Waals surface area contributed by atoms with Gasteiger partial charge in [0.1, 0.15) is 12.7 Å². The van der Waals surface area contributed by atoms with Crippen LogP contribution in [-0.2, 0) is 14.6 Å². The number of benzene rings is 1. The van der Waals surface area contributed by atoms with E-state index in [0.29, 0.717) is 13.2 Å². The zero-order valence-corrected chi connectivity index (χ0v) is 20.4. The van der Waals surface area contributed by atoms with Crippen molar-refractivity contribution in [3.05, 3.63) is 35.4 Å². The molecule has 3 heterocycles. The van der Waals surface area contributed by atoms with Crippen molar-refractivity contribution < 1.29 is 23.4 Å². The maximum Gasteiger partial charge on any atom is 0.410 e. The van der Waals surface area contributed by atoms with Crippen molar-refractivity contribution in [2.45, 2.75) is 75.4 Å². The van der Waals surface area contributed by atoms with E-state index in [9.17, 15) is 4.79 Å². The van der Waals surface area contributed by atoms with Crippen molar-refractivity contribution in [2.75, 3.05) is 20.3 Å². The van der Waals surface area contributed by atoms with E-state index in [1.54, 1.807) is 7.11 Å². The molecule has 1 aromatic rings. The molecule has 1 aliphatic carbocycles. The standard InChI is InChI=1S/C24H33NO5Si/c1-23(2,3)31(5,6)30-19-11-10-15-17-14-28-22(26)25(17)13-12-24(15)16-8-7-9-18(27-4)20(16)29-21(19)24/h7-10,17,19,21H,11-14H2,1-6H3/t17-,19+,21-,24?/m1/s1. The number of piperidine rings is 1. The summed E-state index contributed by atoms with van der Waals surface area (Å²) in [6.07, 6.45) is 3.51. The normalized spacial score (nSPS) is 31.7. The van der Waals surface area contributed by atoms with E-state index in [-0.39, 0.29) is 34.8 Å². The molecule has 6 nitrogen and oxygen atoms in total. The van der Waals surface area contributed by atoms with Crippen LogP contribution in [-0.4, -0.2) is 57.8 Å². The summed E-state index contributed by atoms with van der Waals surface area (Å²) in [4.78, 5) is 14.2. The third-order valence-electron chi connectivity index (χ3n) is 8.17. The summed E-state index contributed by atoms with van der Waals surface area (Å²) in [6.45, 7) is 12.5. The van der Waals surface area contributed by atoms with Gasteiger partial charge in [-0.1, -0.05) is 39.0 Å². The highest BCUT2D eigenvalue weighted by molar-refractivity contribution is 6.74. The third-order valence-corrected chi connectivity index (χ3v) is 12.7. The van der Waals surface area contributed by atoms with Gasteiger partial charge in [-0.25, -0.2) is 4.79 Å². The van der Waals surface area contributed by atoms with Gasteiger partial charge in [-0.15, -0.1) is 0 Å². The van der Waals surface area contributed by atoms with Crippen molar-refractivity contribution in [1.29, 1.82) is 0 Å². The number of hydrogen-bond donors (Lipinski definition) is 0. The molecule has 3 aliphatic heterocycles. The zero-order valence-electron chi connectivity index (χ0n) is 19.4. The Morgan fingerprint density at radius 1 is 1.26 bits per heavy atom. The maximum atomic E-state index is 12.3. The molecule has 1 amide bonds. The van der Waals surface area contributed by atoms with Crippen LogP contribution in [0.2, 0.25) is 18.1 Å². The van der Waals surface area contributed by atoms with E-state index < -0.39 is 8.32 Å². The lowest BCUT2D eigenvalue weighted by molar-refractivity contribution is 0.000845. The number of carbonyl (C=O) groups excluding carboxylic acids is 1. The molecule has 4 aliphatic rings. The van der Waals surface area contributed by atoms with Gasteiger partial charge < -0.3 is 18.6 Å². The van der Waals surface area contributed by atoms with Crippen LogP contribution in [0, 0.1) is 0 Å². The number of amides is 1. The number of nitrogens with zero attached hydrogens (tertiary/aromatic N) is 1. The summed E-state index contributed by atoms with van der Waals surface area (Å²) in [5, 5.41) is 0.113. The molecule has 7 heteroatoms. The van der Waals surface area contributed by atoms with Crippen molar-refractivity contribution in [1.82, 2.24) is 4.90 Å². The lowest BCUT2D eigenvalue weighted by atomic mass is 9.60. The number of methoxy groups -OCH3 is 1. The number of hydrogen-bond acceptors (Lipinski definition) is 5.